The lowest BCUT2D eigenvalue weighted by Crippen LogP contribution is -2.48. The van der Waals surface area contributed by atoms with E-state index in [1.165, 1.54) is 4.90 Å². The molecular formula is C39H50N2O8. The molecule has 1 saturated carbocycles. The second-order valence-corrected chi connectivity index (χ2v) is 14.5. The molecule has 2 aliphatic rings. The van der Waals surface area contributed by atoms with Crippen LogP contribution in [0.25, 0.3) is 0 Å². The molecular weight excluding hydrogens is 624 g/mol. The molecule has 0 spiro atoms. The van der Waals surface area contributed by atoms with E-state index in [4.69, 9.17) is 9.47 Å². The minimum absolute atomic E-state index is 0.0120. The molecule has 264 valence electrons. The zero-order valence-corrected chi connectivity index (χ0v) is 29.2. The van der Waals surface area contributed by atoms with E-state index in [-0.39, 0.29) is 57.3 Å². The molecule has 2 unspecified atom stereocenters. The number of benzene rings is 2. The molecule has 1 N–H and O–H groups in total. The Morgan fingerprint density at radius 3 is 1.98 bits per heavy atom. The highest BCUT2D eigenvalue weighted by molar-refractivity contribution is 6.38. The molecule has 0 aromatic heterocycles. The molecule has 4 atom stereocenters. The molecule has 49 heavy (non-hydrogen) atoms. The Labute approximate surface area is 289 Å². The molecule has 0 radical (unpaired) electrons. The van der Waals surface area contributed by atoms with Gasteiger partial charge in [0.25, 0.3) is 0 Å². The third-order valence-electron chi connectivity index (χ3n) is 9.40. The quantitative estimate of drug-likeness (QED) is 0.163. The van der Waals surface area contributed by atoms with E-state index in [1.807, 2.05) is 88.4 Å². The van der Waals surface area contributed by atoms with Crippen LogP contribution < -0.4 is 5.32 Å². The van der Waals surface area contributed by atoms with Crippen molar-refractivity contribution in [3.63, 3.8) is 0 Å². The fraction of sp³-hybridized carbons (Fsp3) is 0.538. The van der Waals surface area contributed by atoms with Gasteiger partial charge in [0, 0.05) is 31.8 Å². The summed E-state index contributed by atoms with van der Waals surface area (Å²) in [5.74, 6) is -4.32. The van der Waals surface area contributed by atoms with Gasteiger partial charge in [-0.3, -0.25) is 24.0 Å². The predicted molar refractivity (Wildman–Crippen MR) is 183 cm³/mol. The lowest BCUT2D eigenvalue weighted by molar-refractivity contribution is -0.150. The van der Waals surface area contributed by atoms with Gasteiger partial charge in [0.15, 0.2) is 5.78 Å². The Morgan fingerprint density at radius 1 is 0.837 bits per heavy atom. The van der Waals surface area contributed by atoms with Crippen LogP contribution in [0.5, 0.6) is 0 Å². The van der Waals surface area contributed by atoms with Crippen molar-refractivity contribution in [3.05, 3.63) is 71.8 Å². The monoisotopic (exact) mass is 674 g/mol. The van der Waals surface area contributed by atoms with Crippen LogP contribution in [-0.4, -0.2) is 59.4 Å². The van der Waals surface area contributed by atoms with Gasteiger partial charge in [-0.05, 0) is 41.7 Å². The fourth-order valence-corrected chi connectivity index (χ4v) is 6.26. The molecule has 1 heterocycles. The average molecular weight is 675 g/mol. The van der Waals surface area contributed by atoms with Crippen LogP contribution >= 0.6 is 0 Å². The number of hydrogen-bond acceptors (Lipinski definition) is 8. The first-order chi connectivity index (χ1) is 23.3. The lowest BCUT2D eigenvalue weighted by Gasteiger charge is -2.31. The maximum atomic E-state index is 13.9. The molecule has 2 aromatic carbocycles. The van der Waals surface area contributed by atoms with Gasteiger partial charge in [-0.1, -0.05) is 94.8 Å². The summed E-state index contributed by atoms with van der Waals surface area (Å²) in [6, 6.07) is 17.7. The molecule has 1 aliphatic carbocycles. The van der Waals surface area contributed by atoms with E-state index in [1.54, 1.807) is 0 Å². The second-order valence-electron chi connectivity index (χ2n) is 14.5. The first-order valence-corrected chi connectivity index (χ1v) is 17.4. The zero-order chi connectivity index (χ0) is 35.6. The highest BCUT2D eigenvalue weighted by Crippen LogP contribution is 2.34. The van der Waals surface area contributed by atoms with Gasteiger partial charge in [0.05, 0.1) is 24.3 Å². The van der Waals surface area contributed by atoms with E-state index >= 15 is 0 Å². The van der Waals surface area contributed by atoms with E-state index in [9.17, 15) is 28.8 Å². The molecule has 10 heteroatoms. The van der Waals surface area contributed by atoms with Crippen LogP contribution in [0.1, 0.15) is 83.8 Å². The highest BCUT2D eigenvalue weighted by atomic mass is 16.6. The summed E-state index contributed by atoms with van der Waals surface area (Å²) in [6.45, 7) is 7.58. The van der Waals surface area contributed by atoms with Gasteiger partial charge < -0.3 is 19.7 Å². The molecule has 1 aliphatic heterocycles. The maximum Gasteiger partial charge on any atom is 0.410 e. The number of nitrogens with zero attached hydrogens (tertiary/aromatic N) is 1. The van der Waals surface area contributed by atoms with Gasteiger partial charge in [-0.25, -0.2) is 4.79 Å². The van der Waals surface area contributed by atoms with Crippen molar-refractivity contribution in [3.8, 4) is 0 Å². The number of likely N-dealkylation sites (tertiary alicyclic amines) is 1. The van der Waals surface area contributed by atoms with Crippen LogP contribution in [0.15, 0.2) is 60.7 Å². The van der Waals surface area contributed by atoms with Gasteiger partial charge in [-0.15, -0.1) is 0 Å². The summed E-state index contributed by atoms with van der Waals surface area (Å²) in [4.78, 5) is 81.2. The molecule has 0 bridgehead atoms. The Hall–Kier alpha value is -4.34. The maximum absolute atomic E-state index is 13.9. The summed E-state index contributed by atoms with van der Waals surface area (Å²) < 4.78 is 11.0. The summed E-state index contributed by atoms with van der Waals surface area (Å²) in [5.41, 5.74) is 0.993. The van der Waals surface area contributed by atoms with Crippen molar-refractivity contribution >= 4 is 35.3 Å². The zero-order valence-electron chi connectivity index (χ0n) is 29.2. The first-order valence-electron chi connectivity index (χ1n) is 17.4. The van der Waals surface area contributed by atoms with Crippen molar-refractivity contribution < 1.29 is 38.2 Å². The number of carbonyl (C=O) groups is 6. The minimum Gasteiger partial charge on any atom is -0.461 e. The highest BCUT2D eigenvalue weighted by Gasteiger charge is 2.44. The number of carbonyl (C=O) groups excluding carboxylic acids is 6. The third-order valence-corrected chi connectivity index (χ3v) is 9.40. The summed E-state index contributed by atoms with van der Waals surface area (Å²) >= 11 is 0. The van der Waals surface area contributed by atoms with Crippen molar-refractivity contribution in [2.24, 2.45) is 29.1 Å². The number of Topliss-reactive ketones (excluding diaryl/α,β-unsaturated/α-hetero) is 3. The average Bonchev–Trinajstić information content (AvgIpc) is 3.80. The molecule has 10 nitrogen and oxygen atoms in total. The van der Waals surface area contributed by atoms with E-state index in [2.05, 4.69) is 5.32 Å². The molecule has 4 rings (SSSR count). The Balaban J connectivity index is 1.47. The van der Waals surface area contributed by atoms with Gasteiger partial charge in [-0.2, -0.15) is 0 Å². The Kier molecular flexibility index (Phi) is 13.3. The molecule has 1 saturated heterocycles. The van der Waals surface area contributed by atoms with Gasteiger partial charge in [0.1, 0.15) is 19.0 Å². The molecule has 2 fully saturated rings. The first kappa shape index (κ1) is 37.5. The number of esters is 1. The van der Waals surface area contributed by atoms with E-state index in [0.717, 1.165) is 24.0 Å². The van der Waals surface area contributed by atoms with Crippen LogP contribution in [0, 0.1) is 29.1 Å². The SMILES string of the molecule is CCCC(CC(=O)[C@@H]1CN(C(=O)OCc2ccccc2)C[C@@H]1NC(=O)C(CC(=O)OCc1ccccc1)C(C)(C)C)C(=O)C(=O)CC1CC1. The van der Waals surface area contributed by atoms with Crippen molar-refractivity contribution in [2.45, 2.75) is 91.9 Å². The van der Waals surface area contributed by atoms with E-state index < -0.39 is 58.7 Å². The summed E-state index contributed by atoms with van der Waals surface area (Å²) in [7, 11) is 0. The number of ketones is 3. The van der Waals surface area contributed by atoms with E-state index in [0.29, 0.717) is 12.8 Å². The van der Waals surface area contributed by atoms with Crippen molar-refractivity contribution in [1.29, 1.82) is 0 Å². The normalized spacial score (nSPS) is 18.7. The number of hydrogen-bond donors (Lipinski definition) is 1. The van der Waals surface area contributed by atoms with Crippen molar-refractivity contribution in [2.75, 3.05) is 13.1 Å². The fourth-order valence-electron chi connectivity index (χ4n) is 6.26. The van der Waals surface area contributed by atoms with Crippen LogP contribution in [0.3, 0.4) is 0 Å². The predicted octanol–water partition coefficient (Wildman–Crippen LogP) is 5.85. The number of ether oxygens (including phenoxy) is 2. The largest absolute Gasteiger partial charge is 0.461 e. The smallest absolute Gasteiger partial charge is 0.410 e. The Bertz CT molecular complexity index is 1460. The summed E-state index contributed by atoms with van der Waals surface area (Å²) in [6.07, 6.45) is 2.16. The van der Waals surface area contributed by atoms with Crippen LogP contribution in [0.2, 0.25) is 0 Å². The standard InChI is InChI=1S/C39H50N2O8/c1-5-12-29(36(45)34(43)19-26-17-18-26)20-33(42)30-22-41(38(47)49-25-28-15-10-7-11-16-28)23-32(30)40-37(46)31(39(2,3)4)21-35(44)48-24-27-13-8-6-9-14-27/h6-11,13-16,26,29-32H,5,12,17-25H2,1-4H3,(H,40,46)/t29?,30-,31?,32+/m1/s1. The molecule has 2 aromatic rings. The second kappa shape index (κ2) is 17.4. The number of rotatable bonds is 17. The lowest BCUT2D eigenvalue weighted by atomic mass is 9.77. The van der Waals surface area contributed by atoms with Gasteiger partial charge in [0.2, 0.25) is 11.7 Å². The minimum atomic E-state index is -0.829. The van der Waals surface area contributed by atoms with Crippen molar-refractivity contribution in [1.82, 2.24) is 10.2 Å². The third kappa shape index (κ3) is 11.4. The van der Waals surface area contributed by atoms with Crippen LogP contribution in [0.4, 0.5) is 4.79 Å². The number of amides is 2. The molecule has 2 amide bonds. The topological polar surface area (TPSA) is 136 Å². The van der Waals surface area contributed by atoms with Crippen LogP contribution in [-0.2, 0) is 46.7 Å². The van der Waals surface area contributed by atoms with Gasteiger partial charge >= 0.3 is 12.1 Å². The summed E-state index contributed by atoms with van der Waals surface area (Å²) in [5, 5.41) is 2.98. The number of nitrogens with one attached hydrogen (secondary N) is 1. The Morgan fingerprint density at radius 2 is 1.43 bits per heavy atom.